The van der Waals surface area contributed by atoms with Gasteiger partial charge in [-0.05, 0) is 105 Å². The van der Waals surface area contributed by atoms with Gasteiger partial charge in [0.2, 0.25) is 0 Å². The van der Waals surface area contributed by atoms with Crippen LogP contribution in [0.2, 0.25) is 0 Å². The summed E-state index contributed by atoms with van der Waals surface area (Å²) < 4.78 is 11.7. The lowest BCUT2D eigenvalue weighted by atomic mass is 9.44. The maximum Gasteiger partial charge on any atom is 0.302 e. The molecule has 0 radical (unpaired) electrons. The van der Waals surface area contributed by atoms with Crippen LogP contribution < -0.4 is 0 Å². The molecule has 10 atom stereocenters. The summed E-state index contributed by atoms with van der Waals surface area (Å²) in [5.74, 6) is 2.61. The fourth-order valence-corrected chi connectivity index (χ4v) is 10.3. The quantitative estimate of drug-likeness (QED) is 0.611. The summed E-state index contributed by atoms with van der Waals surface area (Å²) in [7, 11) is 0. The van der Waals surface area contributed by atoms with Gasteiger partial charge in [-0.3, -0.25) is 14.6 Å². The Bertz CT molecular complexity index is 796. The van der Waals surface area contributed by atoms with E-state index in [1.807, 2.05) is 0 Å². The van der Waals surface area contributed by atoms with Gasteiger partial charge in [0.25, 0.3) is 0 Å². The Balaban J connectivity index is 1.26. The number of ether oxygens (including phenoxy) is 2. The number of aliphatic hydroxyl groups is 1. The second-order valence-electron chi connectivity index (χ2n) is 13.5. The van der Waals surface area contributed by atoms with Gasteiger partial charge in [0.15, 0.2) is 0 Å². The van der Waals surface area contributed by atoms with E-state index in [1.165, 1.54) is 58.0 Å². The average Bonchev–Trinajstić information content (AvgIpc) is 3.46. The Kier molecular flexibility index (Phi) is 6.51. The van der Waals surface area contributed by atoms with E-state index in [0.29, 0.717) is 29.3 Å². The van der Waals surface area contributed by atoms with E-state index >= 15 is 0 Å². The van der Waals surface area contributed by atoms with Crippen molar-refractivity contribution in [3.05, 3.63) is 0 Å². The summed E-state index contributed by atoms with van der Waals surface area (Å²) in [4.78, 5) is 17.2. The molecule has 6 heteroatoms. The molecule has 5 unspecified atom stereocenters. The first-order valence-electron chi connectivity index (χ1n) is 14.7. The third-order valence-corrected chi connectivity index (χ3v) is 12.1. The van der Waals surface area contributed by atoms with Crippen molar-refractivity contribution >= 4 is 5.97 Å². The summed E-state index contributed by atoms with van der Waals surface area (Å²) in [6.07, 6.45) is 10.8. The van der Waals surface area contributed by atoms with Gasteiger partial charge in [0.1, 0.15) is 6.10 Å². The topological polar surface area (TPSA) is 62.2 Å². The van der Waals surface area contributed by atoms with Crippen LogP contribution in [0.1, 0.15) is 78.6 Å². The van der Waals surface area contributed by atoms with Crippen LogP contribution in [0.4, 0.5) is 0 Å². The van der Waals surface area contributed by atoms with E-state index in [1.54, 1.807) is 6.92 Å². The zero-order valence-corrected chi connectivity index (χ0v) is 22.3. The van der Waals surface area contributed by atoms with Crippen LogP contribution in [-0.2, 0) is 14.3 Å². The Labute approximate surface area is 212 Å². The van der Waals surface area contributed by atoms with Gasteiger partial charge in [-0.2, -0.15) is 0 Å². The molecule has 0 amide bonds. The number of morpholine rings is 1. The minimum absolute atomic E-state index is 0.0157. The second kappa shape index (κ2) is 9.25. The standard InChI is InChI=1S/C29H48N2O4/c1-19(32)35-26-16-20-6-7-21-22(29(20,3)18-25(26)31-12-14-34-15-13-31)8-9-28(2)23(21)17-24(27(28)33)30-10-4-5-11-30/h20-27,33H,4-18H2,1-3H3/t20?,21-,22-,23+,24?,25?,26?,27?,28+,29+/m1/s1. The van der Waals surface area contributed by atoms with Crippen LogP contribution in [0.25, 0.3) is 0 Å². The van der Waals surface area contributed by atoms with E-state index in [-0.39, 0.29) is 23.6 Å². The Hall–Kier alpha value is -0.690. The van der Waals surface area contributed by atoms with Gasteiger partial charge in [-0.1, -0.05) is 13.8 Å². The average molecular weight is 489 g/mol. The lowest BCUT2D eigenvalue weighted by Gasteiger charge is -2.62. The number of nitrogens with zero attached hydrogens (tertiary/aromatic N) is 2. The van der Waals surface area contributed by atoms with Gasteiger partial charge in [0.05, 0.1) is 19.3 Å². The van der Waals surface area contributed by atoms with Crippen molar-refractivity contribution in [2.24, 2.45) is 34.5 Å². The number of fused-ring (bicyclic) bond motifs is 5. The van der Waals surface area contributed by atoms with Crippen molar-refractivity contribution in [2.45, 2.75) is 103 Å². The number of hydrogen-bond donors (Lipinski definition) is 1. The van der Waals surface area contributed by atoms with E-state index in [0.717, 1.165) is 51.0 Å². The Morgan fingerprint density at radius 1 is 0.914 bits per heavy atom. The maximum absolute atomic E-state index is 12.0. The maximum atomic E-state index is 12.0. The smallest absolute Gasteiger partial charge is 0.302 e. The number of esters is 1. The van der Waals surface area contributed by atoms with E-state index in [9.17, 15) is 9.90 Å². The first-order valence-corrected chi connectivity index (χ1v) is 14.7. The lowest BCUT2D eigenvalue weighted by Crippen LogP contribution is -2.61. The zero-order valence-electron chi connectivity index (χ0n) is 22.3. The third kappa shape index (κ3) is 4.00. The van der Waals surface area contributed by atoms with Crippen molar-refractivity contribution in [3.63, 3.8) is 0 Å². The first-order chi connectivity index (χ1) is 16.8. The first kappa shape index (κ1) is 24.6. The number of likely N-dealkylation sites (tertiary alicyclic amines) is 1. The molecule has 2 aliphatic heterocycles. The number of rotatable bonds is 3. The highest BCUT2D eigenvalue weighted by molar-refractivity contribution is 5.66. The summed E-state index contributed by atoms with van der Waals surface area (Å²) >= 11 is 0. The SMILES string of the molecule is CC(=O)OC1CC2CC[C@@H]3[C@@H](CC[C@]4(C)C(O)C(N5CCCC5)C[C@@H]34)[C@@]2(C)CC1N1CCOCC1. The fraction of sp³-hybridized carbons (Fsp3) is 0.966. The molecule has 0 aromatic heterocycles. The van der Waals surface area contributed by atoms with Crippen LogP contribution in [0, 0.1) is 34.5 Å². The van der Waals surface area contributed by atoms with Gasteiger partial charge < -0.3 is 14.6 Å². The molecule has 198 valence electrons. The van der Waals surface area contributed by atoms with Crippen molar-refractivity contribution < 1.29 is 19.4 Å². The molecule has 0 bridgehead atoms. The number of aliphatic hydroxyl groups excluding tert-OH is 1. The van der Waals surface area contributed by atoms with Gasteiger partial charge in [0, 0.05) is 32.1 Å². The molecule has 6 aliphatic rings. The summed E-state index contributed by atoms with van der Waals surface area (Å²) in [6, 6.07) is 0.681. The third-order valence-electron chi connectivity index (χ3n) is 12.1. The van der Waals surface area contributed by atoms with Crippen LogP contribution in [0.5, 0.6) is 0 Å². The molecule has 35 heavy (non-hydrogen) atoms. The van der Waals surface area contributed by atoms with Crippen molar-refractivity contribution in [1.82, 2.24) is 9.80 Å². The highest BCUT2D eigenvalue weighted by Crippen LogP contribution is 2.67. The molecular weight excluding hydrogens is 440 g/mol. The molecule has 0 aromatic carbocycles. The summed E-state index contributed by atoms with van der Waals surface area (Å²) in [6.45, 7) is 12.4. The van der Waals surface area contributed by atoms with Crippen LogP contribution in [-0.4, -0.2) is 84.6 Å². The molecule has 4 saturated carbocycles. The van der Waals surface area contributed by atoms with Crippen molar-refractivity contribution in [1.29, 1.82) is 0 Å². The molecule has 2 saturated heterocycles. The molecule has 2 heterocycles. The molecule has 4 aliphatic carbocycles. The molecule has 0 spiro atoms. The second-order valence-corrected chi connectivity index (χ2v) is 13.5. The van der Waals surface area contributed by atoms with E-state index < -0.39 is 0 Å². The van der Waals surface area contributed by atoms with Crippen LogP contribution in [0.15, 0.2) is 0 Å². The van der Waals surface area contributed by atoms with Gasteiger partial charge in [-0.25, -0.2) is 0 Å². The lowest BCUT2D eigenvalue weighted by molar-refractivity contribution is -0.178. The monoisotopic (exact) mass is 488 g/mol. The highest BCUT2D eigenvalue weighted by atomic mass is 16.5. The number of carbonyl (C=O) groups excluding carboxylic acids is 1. The predicted molar refractivity (Wildman–Crippen MR) is 135 cm³/mol. The molecule has 6 fully saturated rings. The fourth-order valence-electron chi connectivity index (χ4n) is 10.3. The Morgan fingerprint density at radius 3 is 2.34 bits per heavy atom. The number of hydrogen-bond acceptors (Lipinski definition) is 6. The van der Waals surface area contributed by atoms with E-state index in [2.05, 4.69) is 23.6 Å². The van der Waals surface area contributed by atoms with Crippen molar-refractivity contribution in [2.75, 3.05) is 39.4 Å². The number of carbonyl (C=O) groups is 1. The molecule has 0 aromatic rings. The summed E-state index contributed by atoms with van der Waals surface area (Å²) in [5.41, 5.74) is 0.372. The molecule has 1 N–H and O–H groups in total. The van der Waals surface area contributed by atoms with E-state index in [4.69, 9.17) is 9.47 Å². The zero-order chi connectivity index (χ0) is 24.4. The van der Waals surface area contributed by atoms with Crippen LogP contribution in [0.3, 0.4) is 0 Å². The predicted octanol–water partition coefficient (Wildman–Crippen LogP) is 3.71. The normalized spacial score (nSPS) is 50.9. The van der Waals surface area contributed by atoms with Crippen molar-refractivity contribution in [3.8, 4) is 0 Å². The molecular formula is C29H48N2O4. The highest BCUT2D eigenvalue weighted by Gasteiger charge is 2.64. The van der Waals surface area contributed by atoms with Gasteiger partial charge in [-0.15, -0.1) is 0 Å². The minimum Gasteiger partial charge on any atom is -0.461 e. The largest absolute Gasteiger partial charge is 0.461 e. The minimum atomic E-state index is -0.169. The molecule has 6 rings (SSSR count). The van der Waals surface area contributed by atoms with Crippen LogP contribution >= 0.6 is 0 Å². The summed E-state index contributed by atoms with van der Waals surface area (Å²) in [5, 5.41) is 11.6. The Morgan fingerprint density at radius 2 is 1.63 bits per heavy atom. The molecule has 6 nitrogen and oxygen atoms in total. The van der Waals surface area contributed by atoms with Gasteiger partial charge >= 0.3 is 5.97 Å².